The number of halogens is 1. The van der Waals surface area contributed by atoms with Crippen molar-refractivity contribution in [1.29, 1.82) is 0 Å². The molecule has 4 unspecified atom stereocenters. The summed E-state index contributed by atoms with van der Waals surface area (Å²) in [5.41, 5.74) is 2.15. The molecule has 3 N–H and O–H groups in total. The summed E-state index contributed by atoms with van der Waals surface area (Å²) in [7, 11) is 0. The Balaban J connectivity index is 1.58. The first-order valence-electron chi connectivity index (χ1n) is 10.4. The molecule has 31 heavy (non-hydrogen) atoms. The topological polar surface area (TPSA) is 117 Å². The molecule has 0 aliphatic carbocycles. The van der Waals surface area contributed by atoms with Gasteiger partial charge in [-0.3, -0.25) is 4.57 Å². The van der Waals surface area contributed by atoms with Crippen molar-refractivity contribution in [2.24, 2.45) is 0 Å². The highest BCUT2D eigenvalue weighted by Gasteiger charge is 2.44. The zero-order valence-corrected chi connectivity index (χ0v) is 17.5. The van der Waals surface area contributed by atoms with Crippen molar-refractivity contribution in [2.75, 3.05) is 18.1 Å². The Kier molecular flexibility index (Phi) is 5.53. The van der Waals surface area contributed by atoms with E-state index in [1.165, 1.54) is 16.5 Å². The third-order valence-corrected chi connectivity index (χ3v) is 6.30. The molecule has 5 rings (SSSR count). The van der Waals surface area contributed by atoms with Crippen LogP contribution in [-0.4, -0.2) is 66.3 Å². The van der Waals surface area contributed by atoms with Gasteiger partial charge in [0.05, 0.1) is 19.0 Å². The molecule has 9 nitrogen and oxygen atoms in total. The fourth-order valence-electron chi connectivity index (χ4n) is 4.58. The maximum absolute atomic E-state index is 10.4. The standard InChI is InChI=1S/C21H24ClN5O4/c22-21-24-18(26-9-5-4-8-13(26)12-6-2-1-3-7-12)15-19(25-21)27(11-23-15)20-17(30)16(29)14(10-28)31-20/h1-3,6-7,11,13-14,16-17,20,28-30H,4-5,8-10H2/t13?,14?,16?,17?,20-/m1/s1. The number of rotatable bonds is 4. The van der Waals surface area contributed by atoms with E-state index in [0.29, 0.717) is 17.0 Å². The van der Waals surface area contributed by atoms with Crippen molar-refractivity contribution in [1.82, 2.24) is 19.5 Å². The number of benzene rings is 1. The molecule has 2 aromatic heterocycles. The minimum absolute atomic E-state index is 0.0633. The van der Waals surface area contributed by atoms with Crippen LogP contribution in [0.5, 0.6) is 0 Å². The van der Waals surface area contributed by atoms with Crippen LogP contribution in [0.2, 0.25) is 5.28 Å². The van der Waals surface area contributed by atoms with Gasteiger partial charge in [0.2, 0.25) is 5.28 Å². The fourth-order valence-corrected chi connectivity index (χ4v) is 4.74. The van der Waals surface area contributed by atoms with Crippen molar-refractivity contribution in [3.63, 3.8) is 0 Å². The van der Waals surface area contributed by atoms with Gasteiger partial charge in [0, 0.05) is 6.54 Å². The SMILES string of the molecule is OCC1O[C@@H](n2cnc3c(N4CCCCC4c4ccccc4)nc(Cl)nc32)C(O)C1O. The molecular formula is C21H24ClN5O4. The molecule has 3 aromatic rings. The fraction of sp³-hybridized carbons (Fsp3) is 0.476. The van der Waals surface area contributed by atoms with E-state index in [2.05, 4.69) is 32.0 Å². The van der Waals surface area contributed by atoms with Crippen LogP contribution in [0, 0.1) is 0 Å². The summed E-state index contributed by atoms with van der Waals surface area (Å²) in [5.74, 6) is 0.633. The average Bonchev–Trinajstić information content (AvgIpc) is 3.34. The highest BCUT2D eigenvalue weighted by atomic mass is 35.5. The molecule has 0 radical (unpaired) electrons. The molecule has 0 bridgehead atoms. The summed E-state index contributed by atoms with van der Waals surface area (Å²) in [6.07, 6.45) is 0.356. The molecule has 2 aliphatic heterocycles. The molecule has 0 spiro atoms. The number of imidazole rings is 1. The van der Waals surface area contributed by atoms with E-state index in [4.69, 9.17) is 16.3 Å². The molecule has 0 saturated carbocycles. The van der Waals surface area contributed by atoms with E-state index >= 15 is 0 Å². The molecule has 0 amide bonds. The first-order chi connectivity index (χ1) is 15.1. The Bertz CT molecular complexity index is 1060. The lowest BCUT2D eigenvalue weighted by Gasteiger charge is -2.37. The van der Waals surface area contributed by atoms with Gasteiger partial charge in [-0.1, -0.05) is 30.3 Å². The lowest BCUT2D eigenvalue weighted by Crippen LogP contribution is -2.34. The Labute approximate surface area is 183 Å². The number of hydrogen-bond acceptors (Lipinski definition) is 8. The number of nitrogens with zero attached hydrogens (tertiary/aromatic N) is 5. The molecule has 10 heteroatoms. The van der Waals surface area contributed by atoms with Crippen LogP contribution in [-0.2, 0) is 4.74 Å². The number of anilines is 1. The molecule has 4 heterocycles. The zero-order valence-electron chi connectivity index (χ0n) is 16.8. The van der Waals surface area contributed by atoms with Crippen LogP contribution in [0.4, 0.5) is 5.82 Å². The van der Waals surface area contributed by atoms with Gasteiger partial charge in [-0.25, -0.2) is 4.98 Å². The molecule has 2 aliphatic rings. The van der Waals surface area contributed by atoms with Gasteiger partial charge in [0.25, 0.3) is 0 Å². The van der Waals surface area contributed by atoms with E-state index < -0.39 is 31.1 Å². The number of fused-ring (bicyclic) bond motifs is 1. The second-order valence-electron chi connectivity index (χ2n) is 7.98. The summed E-state index contributed by atoms with van der Waals surface area (Å²) in [4.78, 5) is 15.6. The number of ether oxygens (including phenoxy) is 1. The van der Waals surface area contributed by atoms with Crippen LogP contribution in [0.15, 0.2) is 36.7 Å². The summed E-state index contributed by atoms with van der Waals surface area (Å²) >= 11 is 6.31. The Morgan fingerprint density at radius 2 is 1.90 bits per heavy atom. The maximum atomic E-state index is 10.4. The number of aromatic nitrogens is 4. The largest absolute Gasteiger partial charge is 0.394 e. The van der Waals surface area contributed by atoms with Crippen LogP contribution < -0.4 is 4.90 Å². The summed E-state index contributed by atoms with van der Waals surface area (Å²) in [6.45, 7) is 0.400. The van der Waals surface area contributed by atoms with Crippen molar-refractivity contribution < 1.29 is 20.1 Å². The maximum Gasteiger partial charge on any atom is 0.226 e. The van der Waals surface area contributed by atoms with Gasteiger partial charge < -0.3 is 25.0 Å². The van der Waals surface area contributed by atoms with E-state index in [0.717, 1.165) is 25.8 Å². The molecule has 1 aromatic carbocycles. The van der Waals surface area contributed by atoms with Crippen molar-refractivity contribution in [3.8, 4) is 0 Å². The Morgan fingerprint density at radius 3 is 2.65 bits per heavy atom. The summed E-state index contributed by atoms with van der Waals surface area (Å²) in [6, 6.07) is 10.4. The van der Waals surface area contributed by atoms with Crippen LogP contribution in [0.25, 0.3) is 11.2 Å². The van der Waals surface area contributed by atoms with Crippen LogP contribution in [0.1, 0.15) is 37.1 Å². The van der Waals surface area contributed by atoms with Crippen molar-refractivity contribution in [3.05, 3.63) is 47.5 Å². The third kappa shape index (κ3) is 3.56. The summed E-state index contributed by atoms with van der Waals surface area (Å²) in [5, 5.41) is 30.1. The highest BCUT2D eigenvalue weighted by Crippen LogP contribution is 2.38. The monoisotopic (exact) mass is 445 g/mol. The van der Waals surface area contributed by atoms with Crippen molar-refractivity contribution in [2.45, 2.75) is 49.8 Å². The van der Waals surface area contributed by atoms with Gasteiger partial charge in [-0.15, -0.1) is 0 Å². The van der Waals surface area contributed by atoms with Gasteiger partial charge in [0.15, 0.2) is 23.2 Å². The Hall–Kier alpha value is -2.30. The van der Waals surface area contributed by atoms with E-state index in [-0.39, 0.29) is 11.3 Å². The minimum Gasteiger partial charge on any atom is -0.394 e. The second kappa shape index (κ2) is 8.33. The lowest BCUT2D eigenvalue weighted by atomic mass is 9.95. The van der Waals surface area contributed by atoms with E-state index in [1.807, 2.05) is 18.2 Å². The predicted molar refractivity (Wildman–Crippen MR) is 114 cm³/mol. The van der Waals surface area contributed by atoms with Gasteiger partial charge in [-0.2, -0.15) is 9.97 Å². The Morgan fingerprint density at radius 1 is 1.10 bits per heavy atom. The highest BCUT2D eigenvalue weighted by molar-refractivity contribution is 6.28. The van der Waals surface area contributed by atoms with Gasteiger partial charge >= 0.3 is 0 Å². The lowest BCUT2D eigenvalue weighted by molar-refractivity contribution is -0.0511. The number of aliphatic hydroxyl groups is 3. The molecule has 164 valence electrons. The van der Waals surface area contributed by atoms with E-state index in [1.54, 1.807) is 0 Å². The number of hydrogen-bond donors (Lipinski definition) is 3. The first kappa shape index (κ1) is 20.6. The first-order valence-corrected chi connectivity index (χ1v) is 10.8. The molecular weight excluding hydrogens is 422 g/mol. The van der Waals surface area contributed by atoms with Crippen LogP contribution in [0.3, 0.4) is 0 Å². The molecule has 2 fully saturated rings. The average molecular weight is 446 g/mol. The van der Waals surface area contributed by atoms with Gasteiger partial charge in [0.1, 0.15) is 18.3 Å². The minimum atomic E-state index is -1.24. The number of aliphatic hydroxyl groups excluding tert-OH is 3. The van der Waals surface area contributed by atoms with Gasteiger partial charge in [-0.05, 0) is 36.4 Å². The molecule has 5 atom stereocenters. The van der Waals surface area contributed by atoms with Crippen LogP contribution >= 0.6 is 11.6 Å². The molecule has 2 saturated heterocycles. The number of piperidine rings is 1. The summed E-state index contributed by atoms with van der Waals surface area (Å²) < 4.78 is 7.20. The predicted octanol–water partition coefficient (Wildman–Crippen LogP) is 1.82. The zero-order chi connectivity index (χ0) is 21.5. The smallest absolute Gasteiger partial charge is 0.226 e. The van der Waals surface area contributed by atoms with E-state index in [9.17, 15) is 15.3 Å². The second-order valence-corrected chi connectivity index (χ2v) is 8.32. The third-order valence-electron chi connectivity index (χ3n) is 6.13. The normalized spacial score (nSPS) is 29.0. The van der Waals surface area contributed by atoms with Crippen molar-refractivity contribution >= 4 is 28.6 Å². The quantitative estimate of drug-likeness (QED) is 0.521.